The number of nitrogens with one attached hydrogen (secondary N) is 2. The maximum atomic E-state index is 12.6. The van der Waals surface area contributed by atoms with Crippen LogP contribution in [0.1, 0.15) is 42.2 Å². The molecule has 3 N–H and O–H groups in total. The van der Waals surface area contributed by atoms with Crippen LogP contribution in [0.2, 0.25) is 0 Å². The van der Waals surface area contributed by atoms with Gasteiger partial charge in [-0.3, -0.25) is 4.79 Å². The Bertz CT molecular complexity index is 521. The molecule has 1 aliphatic rings. The van der Waals surface area contributed by atoms with Gasteiger partial charge in [0.15, 0.2) is 0 Å². The molecule has 0 unspecified atom stereocenters. The number of hydrogen-bond acceptors (Lipinski definition) is 5. The molecule has 20 heavy (non-hydrogen) atoms. The van der Waals surface area contributed by atoms with E-state index in [0.717, 1.165) is 43.9 Å². The van der Waals surface area contributed by atoms with Crippen LogP contribution in [0.4, 0.5) is 5.00 Å². The molecule has 0 radical (unpaired) electrons. The number of carbonyl (C=O) groups excluding carboxylic acids is 1. The topological polar surface area (TPSA) is 91.3 Å². The molecule has 2 heterocycles. The summed E-state index contributed by atoms with van der Waals surface area (Å²) >= 11 is 1.03. The highest BCUT2D eigenvalue weighted by molar-refractivity contribution is 7.11. The predicted molar refractivity (Wildman–Crippen MR) is 77.3 cm³/mol. The number of carboxylic acid groups (broad SMARTS) is 1. The Morgan fingerprint density at radius 3 is 2.65 bits per heavy atom. The van der Waals surface area contributed by atoms with Crippen LogP contribution in [0.25, 0.3) is 0 Å². The minimum Gasteiger partial charge on any atom is -0.478 e. The van der Waals surface area contributed by atoms with Crippen molar-refractivity contribution in [1.82, 2.24) is 9.69 Å². The van der Waals surface area contributed by atoms with Crippen LogP contribution in [-0.2, 0) is 4.79 Å². The summed E-state index contributed by atoms with van der Waals surface area (Å²) in [6.07, 6.45) is 2.30. The van der Waals surface area contributed by atoms with Crippen LogP contribution in [0.15, 0.2) is 0 Å². The summed E-state index contributed by atoms with van der Waals surface area (Å²) in [6.45, 7) is 5.26. The van der Waals surface area contributed by atoms with Crippen molar-refractivity contribution in [2.45, 2.75) is 33.1 Å². The highest BCUT2D eigenvalue weighted by Crippen LogP contribution is 2.35. The number of rotatable bonds is 4. The van der Waals surface area contributed by atoms with Gasteiger partial charge in [0.05, 0.1) is 11.1 Å². The molecule has 1 amide bonds. The molecule has 0 spiro atoms. The van der Waals surface area contributed by atoms with E-state index < -0.39 is 11.4 Å². The van der Waals surface area contributed by atoms with E-state index in [1.165, 1.54) is 0 Å². The van der Waals surface area contributed by atoms with Crippen LogP contribution >= 0.6 is 11.5 Å². The fourth-order valence-corrected chi connectivity index (χ4v) is 3.37. The second kappa shape index (κ2) is 5.88. The molecule has 1 aromatic heterocycles. The largest absolute Gasteiger partial charge is 0.478 e. The molecule has 1 aromatic rings. The Morgan fingerprint density at radius 2 is 2.10 bits per heavy atom. The normalized spacial score (nSPS) is 17.7. The molecule has 1 saturated heterocycles. The predicted octanol–water partition coefficient (Wildman–Crippen LogP) is 1.87. The van der Waals surface area contributed by atoms with Gasteiger partial charge in [0.1, 0.15) is 10.6 Å². The molecular weight excluding hydrogens is 278 g/mol. The molecule has 0 aliphatic carbocycles. The van der Waals surface area contributed by atoms with E-state index in [9.17, 15) is 14.7 Å². The van der Waals surface area contributed by atoms with Crippen LogP contribution < -0.4 is 10.6 Å². The molecule has 1 aliphatic heterocycles. The van der Waals surface area contributed by atoms with Gasteiger partial charge in [-0.1, -0.05) is 6.92 Å². The Kier molecular flexibility index (Phi) is 4.39. The molecule has 1 fully saturated rings. The molecule has 2 rings (SSSR count). The summed E-state index contributed by atoms with van der Waals surface area (Å²) < 4.78 is 4.02. The molecule has 6 nitrogen and oxygen atoms in total. The first-order valence-corrected chi connectivity index (χ1v) is 7.49. The second-order valence-electron chi connectivity index (χ2n) is 5.12. The highest BCUT2D eigenvalue weighted by atomic mass is 32.1. The first kappa shape index (κ1) is 14.9. The number of aromatic nitrogens is 1. The van der Waals surface area contributed by atoms with Gasteiger partial charge in [-0.05, 0) is 50.8 Å². The Hall–Kier alpha value is -1.47. The van der Waals surface area contributed by atoms with E-state index in [0.29, 0.717) is 10.7 Å². The van der Waals surface area contributed by atoms with Crippen molar-refractivity contribution >= 4 is 28.4 Å². The first-order valence-electron chi connectivity index (χ1n) is 6.72. The third-order valence-electron chi connectivity index (χ3n) is 4.02. The maximum absolute atomic E-state index is 12.6. The van der Waals surface area contributed by atoms with E-state index in [-0.39, 0.29) is 11.5 Å². The molecular formula is C13H19N3O3S. The third-order valence-corrected chi connectivity index (χ3v) is 4.88. The third kappa shape index (κ3) is 2.69. The van der Waals surface area contributed by atoms with Crippen molar-refractivity contribution in [2.24, 2.45) is 5.41 Å². The van der Waals surface area contributed by atoms with Gasteiger partial charge in [-0.25, -0.2) is 4.79 Å². The van der Waals surface area contributed by atoms with Crippen molar-refractivity contribution in [3.63, 3.8) is 0 Å². The lowest BCUT2D eigenvalue weighted by Gasteiger charge is -2.35. The summed E-state index contributed by atoms with van der Waals surface area (Å²) in [4.78, 5) is 23.8. The standard InChI is InChI=1S/C13H19N3O3S/c1-3-13(4-6-14-7-5-13)12(19)15-10-9(11(17)18)8(2)16-20-10/h14H,3-7H2,1-2H3,(H,15,19)(H,17,18). The maximum Gasteiger partial charge on any atom is 0.340 e. The van der Waals surface area contributed by atoms with Crippen molar-refractivity contribution in [3.05, 3.63) is 11.3 Å². The number of aryl methyl sites for hydroxylation is 1. The van der Waals surface area contributed by atoms with Crippen LogP contribution in [-0.4, -0.2) is 34.4 Å². The quantitative estimate of drug-likeness (QED) is 0.789. The zero-order valence-corrected chi connectivity index (χ0v) is 12.5. The summed E-state index contributed by atoms with van der Waals surface area (Å²) in [6, 6.07) is 0. The Balaban J connectivity index is 2.21. The minimum atomic E-state index is -1.05. The first-order chi connectivity index (χ1) is 9.50. The lowest BCUT2D eigenvalue weighted by atomic mass is 9.76. The number of anilines is 1. The summed E-state index contributed by atoms with van der Waals surface area (Å²) in [5, 5.41) is 15.5. The van der Waals surface area contributed by atoms with Crippen molar-refractivity contribution in [3.8, 4) is 0 Å². The zero-order valence-electron chi connectivity index (χ0n) is 11.7. The van der Waals surface area contributed by atoms with Crippen molar-refractivity contribution in [2.75, 3.05) is 18.4 Å². The molecule has 0 aromatic carbocycles. The van der Waals surface area contributed by atoms with E-state index >= 15 is 0 Å². The minimum absolute atomic E-state index is 0.0901. The lowest BCUT2D eigenvalue weighted by Crippen LogP contribution is -2.44. The SMILES string of the molecule is CCC1(C(=O)Nc2snc(C)c2C(=O)O)CCNCC1. The van der Waals surface area contributed by atoms with Gasteiger partial charge in [0, 0.05) is 0 Å². The van der Waals surface area contributed by atoms with E-state index in [4.69, 9.17) is 0 Å². The van der Waals surface area contributed by atoms with Crippen molar-refractivity contribution in [1.29, 1.82) is 0 Å². The van der Waals surface area contributed by atoms with E-state index in [2.05, 4.69) is 15.0 Å². The van der Waals surface area contributed by atoms with Gasteiger partial charge in [-0.2, -0.15) is 4.37 Å². The fraction of sp³-hybridized carbons (Fsp3) is 0.615. The molecule has 0 atom stereocenters. The monoisotopic (exact) mass is 297 g/mol. The fourth-order valence-electron chi connectivity index (χ4n) is 2.59. The average molecular weight is 297 g/mol. The summed E-state index contributed by atoms with van der Waals surface area (Å²) in [5.74, 6) is -1.14. The van der Waals surface area contributed by atoms with Crippen LogP contribution in [0, 0.1) is 12.3 Å². The van der Waals surface area contributed by atoms with Crippen LogP contribution in [0.5, 0.6) is 0 Å². The number of nitrogens with zero attached hydrogens (tertiary/aromatic N) is 1. The Labute approximate surface area is 121 Å². The van der Waals surface area contributed by atoms with Gasteiger partial charge in [0.25, 0.3) is 0 Å². The van der Waals surface area contributed by atoms with Gasteiger partial charge >= 0.3 is 5.97 Å². The van der Waals surface area contributed by atoms with Crippen LogP contribution in [0.3, 0.4) is 0 Å². The number of carboxylic acids is 1. The van der Waals surface area contributed by atoms with Crippen molar-refractivity contribution < 1.29 is 14.7 Å². The van der Waals surface area contributed by atoms with E-state index in [1.54, 1.807) is 6.92 Å². The van der Waals surface area contributed by atoms with Gasteiger partial charge < -0.3 is 15.7 Å². The number of piperidine rings is 1. The molecule has 7 heteroatoms. The highest BCUT2D eigenvalue weighted by Gasteiger charge is 2.38. The second-order valence-corrected chi connectivity index (χ2v) is 5.89. The average Bonchev–Trinajstić information content (AvgIpc) is 2.80. The van der Waals surface area contributed by atoms with Gasteiger partial charge in [0.2, 0.25) is 5.91 Å². The number of carbonyl (C=O) groups is 2. The number of amides is 1. The molecule has 0 bridgehead atoms. The lowest BCUT2D eigenvalue weighted by molar-refractivity contribution is -0.127. The summed E-state index contributed by atoms with van der Waals surface area (Å²) in [7, 11) is 0. The van der Waals surface area contributed by atoms with Gasteiger partial charge in [-0.15, -0.1) is 0 Å². The molecule has 110 valence electrons. The molecule has 0 saturated carbocycles. The summed E-state index contributed by atoms with van der Waals surface area (Å²) in [5.41, 5.74) is 0.135. The zero-order chi connectivity index (χ0) is 14.8. The smallest absolute Gasteiger partial charge is 0.340 e. The Morgan fingerprint density at radius 1 is 1.45 bits per heavy atom. The number of hydrogen-bond donors (Lipinski definition) is 3. The van der Waals surface area contributed by atoms with E-state index in [1.807, 2.05) is 6.92 Å². The number of aromatic carboxylic acids is 1.